The third kappa shape index (κ3) is 2.55. The fraction of sp³-hybridized carbons (Fsp3) is 0. The maximum absolute atomic E-state index is 6.36. The molecule has 3 heteroatoms. The largest absolute Gasteiger partial charge is 0.439 e. The first-order chi connectivity index (χ1) is 14.3. The highest BCUT2D eigenvalue weighted by Crippen LogP contribution is 2.40. The highest BCUT2D eigenvalue weighted by molar-refractivity contribution is 9.10. The van der Waals surface area contributed by atoms with Crippen molar-refractivity contribution in [1.82, 2.24) is 4.57 Å². The van der Waals surface area contributed by atoms with E-state index >= 15 is 0 Å². The molecule has 138 valence electrons. The minimum Gasteiger partial charge on any atom is -0.439 e. The van der Waals surface area contributed by atoms with Crippen LogP contribution < -0.4 is 0 Å². The number of halogens is 1. The van der Waals surface area contributed by atoms with E-state index in [2.05, 4.69) is 99.4 Å². The van der Waals surface area contributed by atoms with Gasteiger partial charge in [0.2, 0.25) is 5.71 Å². The minimum atomic E-state index is 0.879. The molecule has 0 amide bonds. The molecule has 2 nitrogen and oxygen atoms in total. The van der Waals surface area contributed by atoms with Crippen molar-refractivity contribution < 1.29 is 4.42 Å². The molecule has 0 aliphatic heterocycles. The second-order valence-corrected chi connectivity index (χ2v) is 8.11. The minimum absolute atomic E-state index is 0.879. The average molecular weight is 438 g/mol. The van der Waals surface area contributed by atoms with Crippen LogP contribution in [-0.2, 0) is 0 Å². The maximum atomic E-state index is 6.36. The molecule has 0 atom stereocenters. The fourth-order valence-corrected chi connectivity index (χ4v) is 4.54. The first kappa shape index (κ1) is 16.6. The second kappa shape index (κ2) is 6.36. The Morgan fingerprint density at radius 3 is 2.34 bits per heavy atom. The van der Waals surface area contributed by atoms with Gasteiger partial charge in [-0.3, -0.25) is 4.57 Å². The van der Waals surface area contributed by atoms with Gasteiger partial charge in [-0.15, -0.1) is 0 Å². The van der Waals surface area contributed by atoms with Crippen molar-refractivity contribution in [3.8, 4) is 16.8 Å². The van der Waals surface area contributed by atoms with Gasteiger partial charge in [-0.2, -0.15) is 0 Å². The van der Waals surface area contributed by atoms with Crippen molar-refractivity contribution in [2.45, 2.75) is 0 Å². The van der Waals surface area contributed by atoms with Gasteiger partial charge in [-0.25, -0.2) is 0 Å². The van der Waals surface area contributed by atoms with Crippen molar-refractivity contribution in [3.63, 3.8) is 0 Å². The van der Waals surface area contributed by atoms with Crippen LogP contribution in [0.25, 0.3) is 49.8 Å². The molecular weight excluding hydrogens is 422 g/mol. The molecule has 6 rings (SSSR count). The summed E-state index contributed by atoms with van der Waals surface area (Å²) >= 11 is 3.64. The Kier molecular flexibility index (Phi) is 3.65. The molecule has 0 aliphatic carbocycles. The van der Waals surface area contributed by atoms with E-state index in [1.54, 1.807) is 0 Å². The third-order valence-corrected chi connectivity index (χ3v) is 5.95. The molecule has 0 bridgehead atoms. The zero-order chi connectivity index (χ0) is 19.4. The van der Waals surface area contributed by atoms with E-state index in [9.17, 15) is 0 Å². The predicted molar refractivity (Wildman–Crippen MR) is 124 cm³/mol. The van der Waals surface area contributed by atoms with Gasteiger partial charge < -0.3 is 4.42 Å². The number of para-hydroxylation sites is 1. The van der Waals surface area contributed by atoms with Gasteiger partial charge >= 0.3 is 0 Å². The molecule has 4 aromatic carbocycles. The Labute approximate surface area is 176 Å². The summed E-state index contributed by atoms with van der Waals surface area (Å²) in [5.41, 5.74) is 6.41. The quantitative estimate of drug-likeness (QED) is 0.268. The van der Waals surface area contributed by atoms with E-state index in [0.29, 0.717) is 0 Å². The summed E-state index contributed by atoms with van der Waals surface area (Å²) in [5, 5.41) is 3.48. The number of hydrogen-bond donors (Lipinski definition) is 0. The molecule has 0 radical (unpaired) electrons. The number of benzene rings is 4. The lowest BCUT2D eigenvalue weighted by atomic mass is 10.1. The molecule has 6 aromatic rings. The molecule has 2 aromatic heterocycles. The Bertz CT molecular complexity index is 1510. The van der Waals surface area contributed by atoms with E-state index < -0.39 is 0 Å². The normalized spacial score (nSPS) is 11.6. The van der Waals surface area contributed by atoms with E-state index in [0.717, 1.165) is 37.7 Å². The van der Waals surface area contributed by atoms with Crippen LogP contribution in [0.2, 0.25) is 0 Å². The van der Waals surface area contributed by atoms with Crippen molar-refractivity contribution >= 4 is 48.9 Å². The molecule has 29 heavy (non-hydrogen) atoms. The molecule has 0 fully saturated rings. The fourth-order valence-electron chi connectivity index (χ4n) is 4.17. The van der Waals surface area contributed by atoms with Crippen LogP contribution in [0.4, 0.5) is 0 Å². The number of fused-ring (bicyclic) bond motifs is 5. The Morgan fingerprint density at radius 2 is 1.45 bits per heavy atom. The molecule has 0 aliphatic rings. The SMILES string of the molecule is Brc1ccc2c(c1)c1c3ccccc3oc1n2-c1cccc(-c2ccccc2)c1. The van der Waals surface area contributed by atoms with Crippen LogP contribution in [0.1, 0.15) is 0 Å². The van der Waals surface area contributed by atoms with Crippen molar-refractivity contribution in [2.24, 2.45) is 0 Å². The Morgan fingerprint density at radius 1 is 0.655 bits per heavy atom. The smallest absolute Gasteiger partial charge is 0.213 e. The lowest BCUT2D eigenvalue weighted by Gasteiger charge is -2.09. The second-order valence-electron chi connectivity index (χ2n) is 7.19. The van der Waals surface area contributed by atoms with Crippen LogP contribution in [0, 0.1) is 0 Å². The van der Waals surface area contributed by atoms with Gasteiger partial charge in [0.15, 0.2) is 0 Å². The van der Waals surface area contributed by atoms with Crippen LogP contribution in [0.3, 0.4) is 0 Å². The van der Waals surface area contributed by atoms with Gasteiger partial charge in [0.25, 0.3) is 0 Å². The lowest BCUT2D eigenvalue weighted by molar-refractivity contribution is 0.645. The highest BCUT2D eigenvalue weighted by Gasteiger charge is 2.19. The molecule has 0 saturated heterocycles. The first-order valence-electron chi connectivity index (χ1n) is 9.57. The number of nitrogens with zero attached hydrogens (tertiary/aromatic N) is 1. The molecule has 0 spiro atoms. The summed E-state index contributed by atoms with van der Waals surface area (Å²) in [6, 6.07) is 33.7. The number of hydrogen-bond acceptors (Lipinski definition) is 1. The standard InChI is InChI=1S/C26H16BrNO/c27-19-13-14-23-22(16-19)25-21-11-4-5-12-24(21)29-26(25)28(23)20-10-6-9-18(15-20)17-7-2-1-3-8-17/h1-16H. The number of furan rings is 1. The summed E-state index contributed by atoms with van der Waals surface area (Å²) < 4.78 is 9.64. The molecular formula is C26H16BrNO. The van der Waals surface area contributed by atoms with E-state index in [-0.39, 0.29) is 0 Å². The Balaban J connectivity index is 1.71. The average Bonchev–Trinajstić information content (AvgIpc) is 3.29. The summed E-state index contributed by atoms with van der Waals surface area (Å²) in [7, 11) is 0. The summed E-state index contributed by atoms with van der Waals surface area (Å²) in [5.74, 6) is 0. The summed E-state index contributed by atoms with van der Waals surface area (Å²) in [4.78, 5) is 0. The van der Waals surface area contributed by atoms with Crippen LogP contribution >= 0.6 is 15.9 Å². The topological polar surface area (TPSA) is 18.1 Å². The van der Waals surface area contributed by atoms with Crippen LogP contribution in [0.5, 0.6) is 0 Å². The van der Waals surface area contributed by atoms with Crippen molar-refractivity contribution in [2.75, 3.05) is 0 Å². The Hall–Kier alpha value is -3.30. The van der Waals surface area contributed by atoms with Crippen LogP contribution in [0.15, 0.2) is 106 Å². The van der Waals surface area contributed by atoms with Crippen molar-refractivity contribution in [1.29, 1.82) is 0 Å². The number of rotatable bonds is 2. The third-order valence-electron chi connectivity index (χ3n) is 5.46. The van der Waals surface area contributed by atoms with Crippen molar-refractivity contribution in [3.05, 3.63) is 102 Å². The maximum Gasteiger partial charge on any atom is 0.213 e. The lowest BCUT2D eigenvalue weighted by Crippen LogP contribution is -1.93. The van der Waals surface area contributed by atoms with E-state index in [1.165, 1.54) is 16.5 Å². The number of aromatic nitrogens is 1. The van der Waals surface area contributed by atoms with Gasteiger partial charge in [0.1, 0.15) is 5.58 Å². The zero-order valence-electron chi connectivity index (χ0n) is 15.5. The van der Waals surface area contributed by atoms with Gasteiger partial charge in [-0.05, 0) is 47.5 Å². The predicted octanol–water partition coefficient (Wildman–Crippen LogP) is 7.96. The zero-order valence-corrected chi connectivity index (χ0v) is 17.1. The van der Waals surface area contributed by atoms with Gasteiger partial charge in [0.05, 0.1) is 10.9 Å². The summed E-state index contributed by atoms with van der Waals surface area (Å²) in [6.07, 6.45) is 0. The summed E-state index contributed by atoms with van der Waals surface area (Å²) in [6.45, 7) is 0. The van der Waals surface area contributed by atoms with Crippen LogP contribution in [-0.4, -0.2) is 4.57 Å². The van der Waals surface area contributed by atoms with Gasteiger partial charge in [-0.1, -0.05) is 76.6 Å². The molecule has 0 N–H and O–H groups in total. The molecule has 0 unspecified atom stereocenters. The highest BCUT2D eigenvalue weighted by atomic mass is 79.9. The molecule has 2 heterocycles. The monoisotopic (exact) mass is 437 g/mol. The van der Waals surface area contributed by atoms with E-state index in [4.69, 9.17) is 4.42 Å². The first-order valence-corrected chi connectivity index (χ1v) is 10.4. The van der Waals surface area contributed by atoms with Gasteiger partial charge in [0, 0.05) is 20.9 Å². The molecule has 0 saturated carbocycles. The van der Waals surface area contributed by atoms with E-state index in [1.807, 2.05) is 18.2 Å².